The summed E-state index contributed by atoms with van der Waals surface area (Å²) in [5, 5.41) is 11.4. The van der Waals surface area contributed by atoms with Crippen LogP contribution in [-0.2, 0) is 4.79 Å². The van der Waals surface area contributed by atoms with E-state index in [-0.39, 0.29) is 18.9 Å². The van der Waals surface area contributed by atoms with Gasteiger partial charge in [-0.2, -0.15) is 0 Å². The molecule has 0 aromatic carbocycles. The number of aromatic nitrogens is 2. The zero-order valence-electron chi connectivity index (χ0n) is 11.4. The second-order valence-corrected chi connectivity index (χ2v) is 4.24. The number of pyridine rings is 1. The molecule has 2 rings (SSSR count). The fourth-order valence-electron chi connectivity index (χ4n) is 1.53. The van der Waals surface area contributed by atoms with E-state index in [2.05, 4.69) is 26.1 Å². The molecule has 0 radical (unpaired) electrons. The number of rotatable bonds is 5. The minimum Gasteiger partial charge on any atom is -0.360 e. The molecular weight excluding hydrogens is 274 g/mol. The van der Waals surface area contributed by atoms with Gasteiger partial charge < -0.3 is 15.2 Å². The molecule has 8 nitrogen and oxygen atoms in total. The summed E-state index contributed by atoms with van der Waals surface area (Å²) in [6.45, 7) is 1.93. The first-order valence-corrected chi connectivity index (χ1v) is 6.31. The summed E-state index contributed by atoms with van der Waals surface area (Å²) in [5.41, 5.74) is 0.664. The summed E-state index contributed by atoms with van der Waals surface area (Å²) in [6, 6.07) is 4.52. The van der Waals surface area contributed by atoms with E-state index in [4.69, 9.17) is 4.52 Å². The molecule has 0 aliphatic rings. The molecule has 110 valence electrons. The summed E-state index contributed by atoms with van der Waals surface area (Å²) in [7, 11) is 0. The molecule has 0 aliphatic carbocycles. The van der Waals surface area contributed by atoms with Crippen molar-refractivity contribution in [3.8, 4) is 0 Å². The molecule has 0 fully saturated rings. The Hall–Kier alpha value is -2.90. The summed E-state index contributed by atoms with van der Waals surface area (Å²) < 4.78 is 4.81. The summed E-state index contributed by atoms with van der Waals surface area (Å²) >= 11 is 0. The monoisotopic (exact) mass is 289 g/mol. The zero-order chi connectivity index (χ0) is 15.1. The van der Waals surface area contributed by atoms with Crippen molar-refractivity contribution in [3.05, 3.63) is 36.4 Å². The van der Waals surface area contributed by atoms with Crippen molar-refractivity contribution in [1.82, 2.24) is 15.5 Å². The van der Waals surface area contributed by atoms with Crippen LogP contribution in [0.25, 0.3) is 0 Å². The van der Waals surface area contributed by atoms with E-state index >= 15 is 0 Å². The van der Waals surface area contributed by atoms with Gasteiger partial charge in [-0.1, -0.05) is 5.16 Å². The second kappa shape index (κ2) is 7.04. The molecule has 3 amide bonds. The number of hydrogen-bond donors (Lipinski definition) is 3. The first kappa shape index (κ1) is 14.5. The van der Waals surface area contributed by atoms with Gasteiger partial charge >= 0.3 is 6.03 Å². The van der Waals surface area contributed by atoms with Crippen molar-refractivity contribution >= 4 is 23.4 Å². The predicted molar refractivity (Wildman–Crippen MR) is 75.7 cm³/mol. The highest BCUT2D eigenvalue weighted by Crippen LogP contribution is 2.06. The van der Waals surface area contributed by atoms with Gasteiger partial charge in [-0.15, -0.1) is 0 Å². The van der Waals surface area contributed by atoms with Crippen LogP contribution in [0, 0.1) is 6.92 Å². The Morgan fingerprint density at radius 2 is 2.00 bits per heavy atom. The molecular formula is C13H15N5O3. The fourth-order valence-corrected chi connectivity index (χ4v) is 1.53. The number of nitrogens with one attached hydrogen (secondary N) is 3. The van der Waals surface area contributed by atoms with Crippen LogP contribution < -0.4 is 16.0 Å². The summed E-state index contributed by atoms with van der Waals surface area (Å²) in [5.74, 6) is 0.729. The van der Waals surface area contributed by atoms with E-state index < -0.39 is 6.03 Å². The fraction of sp³-hybridized carbons (Fsp3) is 0.231. The number of carbonyl (C=O) groups is 2. The average molecular weight is 289 g/mol. The third kappa shape index (κ3) is 4.94. The first-order chi connectivity index (χ1) is 10.1. The van der Waals surface area contributed by atoms with Crippen LogP contribution in [0.5, 0.6) is 0 Å². The average Bonchev–Trinajstić information content (AvgIpc) is 2.85. The Morgan fingerprint density at radius 3 is 2.67 bits per heavy atom. The van der Waals surface area contributed by atoms with Gasteiger partial charge in [-0.25, -0.2) is 4.79 Å². The first-order valence-electron chi connectivity index (χ1n) is 6.31. The van der Waals surface area contributed by atoms with Gasteiger partial charge in [0, 0.05) is 37.1 Å². The highest BCUT2D eigenvalue weighted by atomic mass is 16.5. The number of aryl methyl sites for hydroxylation is 1. The van der Waals surface area contributed by atoms with Crippen LogP contribution in [0.1, 0.15) is 12.2 Å². The van der Waals surface area contributed by atoms with E-state index in [9.17, 15) is 9.59 Å². The molecule has 0 saturated heterocycles. The number of anilines is 2. The van der Waals surface area contributed by atoms with Gasteiger partial charge in [0.25, 0.3) is 0 Å². The third-order valence-corrected chi connectivity index (χ3v) is 2.47. The largest absolute Gasteiger partial charge is 0.360 e. The third-order valence-electron chi connectivity index (χ3n) is 2.47. The lowest BCUT2D eigenvalue weighted by Gasteiger charge is -2.06. The number of carbonyl (C=O) groups excluding carboxylic acids is 2. The predicted octanol–water partition coefficient (Wildman–Crippen LogP) is 1.53. The van der Waals surface area contributed by atoms with Gasteiger partial charge in [0.15, 0.2) is 5.82 Å². The Morgan fingerprint density at radius 1 is 1.24 bits per heavy atom. The molecule has 0 spiro atoms. The van der Waals surface area contributed by atoms with Crippen LogP contribution in [-0.4, -0.2) is 28.6 Å². The Kier molecular flexibility index (Phi) is 4.86. The van der Waals surface area contributed by atoms with Crippen LogP contribution in [0.2, 0.25) is 0 Å². The Bertz CT molecular complexity index is 611. The van der Waals surface area contributed by atoms with Crippen molar-refractivity contribution < 1.29 is 14.1 Å². The number of urea groups is 1. The lowest BCUT2D eigenvalue weighted by Crippen LogP contribution is -2.31. The standard InChI is InChI=1S/C13H15N5O3/c1-9-8-11(18-21-9)17-13(20)15-7-4-12(19)16-10-2-5-14-6-3-10/h2-3,5-6,8H,4,7H2,1H3,(H,14,16,19)(H2,15,17,18,20). The van der Waals surface area contributed by atoms with E-state index in [0.717, 1.165) is 0 Å². The molecule has 2 heterocycles. The smallest absolute Gasteiger partial charge is 0.320 e. The molecule has 8 heteroatoms. The summed E-state index contributed by atoms with van der Waals surface area (Å²) in [4.78, 5) is 27.0. The number of hydrogen-bond acceptors (Lipinski definition) is 5. The van der Waals surface area contributed by atoms with Gasteiger partial charge in [0.05, 0.1) is 0 Å². The van der Waals surface area contributed by atoms with Gasteiger partial charge in [-0.3, -0.25) is 15.1 Å². The lowest BCUT2D eigenvalue weighted by atomic mass is 10.3. The molecule has 0 unspecified atom stereocenters. The molecule has 2 aromatic rings. The van der Waals surface area contributed by atoms with E-state index in [1.54, 1.807) is 37.5 Å². The van der Waals surface area contributed by atoms with Gasteiger partial charge in [0.1, 0.15) is 5.76 Å². The minimum absolute atomic E-state index is 0.160. The molecule has 0 bridgehead atoms. The number of nitrogens with zero attached hydrogens (tertiary/aromatic N) is 2. The molecule has 21 heavy (non-hydrogen) atoms. The van der Waals surface area contributed by atoms with Crippen molar-refractivity contribution in [1.29, 1.82) is 0 Å². The molecule has 2 aromatic heterocycles. The maximum atomic E-state index is 11.6. The normalized spacial score (nSPS) is 9.95. The summed E-state index contributed by atoms with van der Waals surface area (Å²) in [6.07, 6.45) is 3.33. The van der Waals surface area contributed by atoms with Gasteiger partial charge in [-0.05, 0) is 19.1 Å². The highest BCUT2D eigenvalue weighted by Gasteiger charge is 2.07. The maximum absolute atomic E-state index is 11.6. The van der Waals surface area contributed by atoms with Crippen LogP contribution in [0.4, 0.5) is 16.3 Å². The van der Waals surface area contributed by atoms with Crippen LogP contribution in [0.3, 0.4) is 0 Å². The van der Waals surface area contributed by atoms with Crippen LogP contribution >= 0.6 is 0 Å². The highest BCUT2D eigenvalue weighted by molar-refractivity contribution is 5.92. The van der Waals surface area contributed by atoms with E-state index in [0.29, 0.717) is 17.3 Å². The molecule has 3 N–H and O–H groups in total. The van der Waals surface area contributed by atoms with Gasteiger partial charge in [0.2, 0.25) is 5.91 Å². The topological polar surface area (TPSA) is 109 Å². The molecule has 0 saturated carbocycles. The minimum atomic E-state index is -0.444. The van der Waals surface area contributed by atoms with E-state index in [1.165, 1.54) is 0 Å². The Labute approximate surface area is 120 Å². The van der Waals surface area contributed by atoms with Crippen LogP contribution in [0.15, 0.2) is 35.1 Å². The van der Waals surface area contributed by atoms with Crippen molar-refractivity contribution in [3.63, 3.8) is 0 Å². The molecule has 0 atom stereocenters. The number of amides is 3. The lowest BCUT2D eigenvalue weighted by molar-refractivity contribution is -0.116. The second-order valence-electron chi connectivity index (χ2n) is 4.24. The molecule has 0 aliphatic heterocycles. The van der Waals surface area contributed by atoms with E-state index in [1.807, 2.05) is 0 Å². The SMILES string of the molecule is Cc1cc(NC(=O)NCCC(=O)Nc2ccncc2)no1. The van der Waals surface area contributed by atoms with Crippen molar-refractivity contribution in [2.24, 2.45) is 0 Å². The zero-order valence-corrected chi connectivity index (χ0v) is 11.4. The Balaban J connectivity index is 1.67. The van der Waals surface area contributed by atoms with Crippen molar-refractivity contribution in [2.45, 2.75) is 13.3 Å². The maximum Gasteiger partial charge on any atom is 0.320 e. The quantitative estimate of drug-likeness (QED) is 0.773. The van der Waals surface area contributed by atoms with Crippen molar-refractivity contribution in [2.75, 3.05) is 17.2 Å².